The number of carboxylic acid groups (broad SMARTS) is 2. The Balaban J connectivity index is 2.02. The minimum atomic E-state index is -1.83. The number of aliphatic carboxylic acids is 2. The first-order valence-electron chi connectivity index (χ1n) is 9.84. The molecule has 160 valence electrons. The van der Waals surface area contributed by atoms with E-state index in [0.717, 1.165) is 25.9 Å². The maximum atomic E-state index is 12.1. The lowest BCUT2D eigenvalue weighted by molar-refractivity contribution is -0.137. The molecule has 0 aliphatic carbocycles. The van der Waals surface area contributed by atoms with Crippen molar-refractivity contribution >= 4 is 11.9 Å². The van der Waals surface area contributed by atoms with Crippen molar-refractivity contribution in [1.29, 1.82) is 0 Å². The molecule has 2 aliphatic rings. The second-order valence-electron chi connectivity index (χ2n) is 7.33. The number of benzene rings is 1. The smallest absolute Gasteiger partial charge is 0.338 e. The predicted molar refractivity (Wildman–Crippen MR) is 110 cm³/mol. The van der Waals surface area contributed by atoms with Gasteiger partial charge in [0.05, 0.1) is 6.61 Å². The molecule has 2 heterocycles. The second kappa shape index (κ2) is 9.49. The molecule has 1 fully saturated rings. The van der Waals surface area contributed by atoms with Crippen LogP contribution in [0.3, 0.4) is 0 Å². The van der Waals surface area contributed by atoms with Crippen LogP contribution < -0.4 is 15.4 Å². The minimum absolute atomic E-state index is 0.192. The summed E-state index contributed by atoms with van der Waals surface area (Å²) in [6, 6.07) is 8.62. The van der Waals surface area contributed by atoms with E-state index in [0.29, 0.717) is 24.1 Å². The van der Waals surface area contributed by atoms with Crippen molar-refractivity contribution in [3.05, 3.63) is 65.6 Å². The highest BCUT2D eigenvalue weighted by atomic mass is 16.6. The van der Waals surface area contributed by atoms with Gasteiger partial charge in [0.1, 0.15) is 11.3 Å². The average Bonchev–Trinajstić information content (AvgIpc) is 2.72. The molecule has 4 N–H and O–H groups in total. The Kier molecular flexibility index (Phi) is 6.79. The van der Waals surface area contributed by atoms with Gasteiger partial charge in [-0.05, 0) is 50.6 Å². The zero-order chi connectivity index (χ0) is 21.6. The molecule has 0 amide bonds. The molecule has 0 bridgehead atoms. The van der Waals surface area contributed by atoms with E-state index in [9.17, 15) is 19.8 Å². The van der Waals surface area contributed by atoms with E-state index < -0.39 is 23.2 Å². The number of para-hydroxylation sites is 1. The van der Waals surface area contributed by atoms with Gasteiger partial charge in [0.2, 0.25) is 0 Å². The van der Waals surface area contributed by atoms with Gasteiger partial charge in [-0.1, -0.05) is 18.2 Å². The third-order valence-electron chi connectivity index (χ3n) is 4.97. The number of carboxylic acids is 2. The van der Waals surface area contributed by atoms with Crippen LogP contribution in [0, 0.1) is 5.92 Å². The third-order valence-corrected chi connectivity index (χ3v) is 4.97. The van der Waals surface area contributed by atoms with Crippen LogP contribution in [0.4, 0.5) is 0 Å². The Morgan fingerprint density at radius 3 is 2.63 bits per heavy atom. The second-order valence-corrected chi connectivity index (χ2v) is 7.33. The standard InChI is InChI=1S/C22H26N2O6/c1-15-9-10-19(29-14-16-6-5-11-23-13-16)22(24-15,18(21(27)28)12-20(25)26)30-17-7-3-2-4-8-17/h2-4,7-10,12,16,23-24H,5-6,11,13-14H2,1H3,(H,25,26)(H,27,28)/b18-12-/t16?,22-/m0/s1. The summed E-state index contributed by atoms with van der Waals surface area (Å²) in [5, 5.41) is 25.5. The van der Waals surface area contributed by atoms with Crippen LogP contribution in [0.2, 0.25) is 0 Å². The number of carbonyl (C=O) groups is 2. The number of allylic oxidation sites excluding steroid dienone is 3. The van der Waals surface area contributed by atoms with E-state index in [2.05, 4.69) is 10.6 Å². The Morgan fingerprint density at radius 1 is 1.23 bits per heavy atom. The number of hydrogen-bond acceptors (Lipinski definition) is 6. The highest BCUT2D eigenvalue weighted by Gasteiger charge is 2.48. The molecule has 0 saturated carbocycles. The Bertz CT molecular complexity index is 871. The molecule has 1 saturated heterocycles. The summed E-state index contributed by atoms with van der Waals surface area (Å²) in [6.07, 6.45) is 6.03. The first kappa shape index (κ1) is 21.4. The number of hydrogen-bond donors (Lipinski definition) is 4. The number of rotatable bonds is 8. The van der Waals surface area contributed by atoms with Crippen molar-refractivity contribution < 1.29 is 29.3 Å². The molecular formula is C22H26N2O6. The van der Waals surface area contributed by atoms with Crippen LogP contribution in [0.15, 0.2) is 65.6 Å². The molecule has 30 heavy (non-hydrogen) atoms. The Morgan fingerprint density at radius 2 is 2.00 bits per heavy atom. The fourth-order valence-electron chi connectivity index (χ4n) is 3.56. The lowest BCUT2D eigenvalue weighted by Crippen LogP contribution is -2.56. The van der Waals surface area contributed by atoms with Crippen molar-refractivity contribution in [2.45, 2.75) is 25.5 Å². The van der Waals surface area contributed by atoms with Crippen molar-refractivity contribution in [3.63, 3.8) is 0 Å². The fourth-order valence-corrected chi connectivity index (χ4v) is 3.56. The summed E-state index contributed by atoms with van der Waals surface area (Å²) in [6.45, 7) is 3.86. The summed E-state index contributed by atoms with van der Waals surface area (Å²) in [5.41, 5.74) is -1.71. The molecule has 3 rings (SSSR count). The first-order valence-corrected chi connectivity index (χ1v) is 9.84. The van der Waals surface area contributed by atoms with Crippen LogP contribution in [0.5, 0.6) is 5.75 Å². The topological polar surface area (TPSA) is 117 Å². The van der Waals surface area contributed by atoms with Gasteiger partial charge in [0, 0.05) is 24.2 Å². The number of ether oxygens (including phenoxy) is 2. The van der Waals surface area contributed by atoms with Crippen LogP contribution in [0.1, 0.15) is 19.8 Å². The normalized spacial score (nSPS) is 24.2. The summed E-state index contributed by atoms with van der Waals surface area (Å²) in [4.78, 5) is 23.6. The zero-order valence-corrected chi connectivity index (χ0v) is 16.8. The van der Waals surface area contributed by atoms with Gasteiger partial charge in [-0.25, -0.2) is 9.59 Å². The molecule has 1 aromatic rings. The number of nitrogens with one attached hydrogen (secondary N) is 2. The van der Waals surface area contributed by atoms with Gasteiger partial charge < -0.3 is 30.3 Å². The summed E-state index contributed by atoms with van der Waals surface area (Å²) in [7, 11) is 0. The monoisotopic (exact) mass is 414 g/mol. The molecule has 0 aromatic heterocycles. The molecule has 8 nitrogen and oxygen atoms in total. The molecule has 2 aliphatic heterocycles. The van der Waals surface area contributed by atoms with Crippen molar-refractivity contribution in [2.24, 2.45) is 5.92 Å². The van der Waals surface area contributed by atoms with Gasteiger partial charge in [-0.15, -0.1) is 0 Å². The van der Waals surface area contributed by atoms with E-state index in [4.69, 9.17) is 9.47 Å². The minimum Gasteiger partial charge on any atom is -0.491 e. The van der Waals surface area contributed by atoms with Gasteiger partial charge in [0.25, 0.3) is 5.72 Å². The molecular weight excluding hydrogens is 388 g/mol. The van der Waals surface area contributed by atoms with Crippen molar-refractivity contribution in [1.82, 2.24) is 10.6 Å². The summed E-state index contributed by atoms with van der Waals surface area (Å²) in [5.74, 6) is -2.00. The zero-order valence-electron chi connectivity index (χ0n) is 16.8. The lowest BCUT2D eigenvalue weighted by Gasteiger charge is -2.40. The maximum absolute atomic E-state index is 12.1. The predicted octanol–water partition coefficient (Wildman–Crippen LogP) is 2.26. The van der Waals surface area contributed by atoms with E-state index in [1.54, 1.807) is 49.4 Å². The molecule has 0 radical (unpaired) electrons. The van der Waals surface area contributed by atoms with Crippen molar-refractivity contribution in [2.75, 3.05) is 19.7 Å². The van der Waals surface area contributed by atoms with Gasteiger partial charge in [0.15, 0.2) is 5.76 Å². The summed E-state index contributed by atoms with van der Waals surface area (Å²) >= 11 is 0. The number of dihydropyridines is 1. The van der Waals surface area contributed by atoms with Gasteiger partial charge >= 0.3 is 11.9 Å². The van der Waals surface area contributed by atoms with Gasteiger partial charge in [-0.3, -0.25) is 0 Å². The van der Waals surface area contributed by atoms with Gasteiger partial charge in [-0.2, -0.15) is 0 Å². The van der Waals surface area contributed by atoms with E-state index in [-0.39, 0.29) is 11.7 Å². The van der Waals surface area contributed by atoms with E-state index >= 15 is 0 Å². The van der Waals surface area contributed by atoms with Crippen molar-refractivity contribution in [3.8, 4) is 5.75 Å². The molecule has 8 heteroatoms. The first-order chi connectivity index (χ1) is 14.4. The van der Waals surface area contributed by atoms with Crippen LogP contribution in [0.25, 0.3) is 0 Å². The molecule has 1 unspecified atom stereocenters. The average molecular weight is 414 g/mol. The highest BCUT2D eigenvalue weighted by molar-refractivity contribution is 5.97. The van der Waals surface area contributed by atoms with Crippen LogP contribution in [-0.4, -0.2) is 47.6 Å². The van der Waals surface area contributed by atoms with Crippen LogP contribution in [-0.2, 0) is 14.3 Å². The Hall–Kier alpha value is -3.26. The quantitative estimate of drug-likeness (QED) is 0.479. The fraction of sp³-hybridized carbons (Fsp3) is 0.364. The van der Waals surface area contributed by atoms with E-state index in [1.165, 1.54) is 0 Å². The largest absolute Gasteiger partial charge is 0.491 e. The molecule has 1 aromatic carbocycles. The Labute approximate surface area is 174 Å². The number of piperidine rings is 1. The molecule has 2 atom stereocenters. The molecule has 0 spiro atoms. The van der Waals surface area contributed by atoms with E-state index in [1.807, 2.05) is 0 Å². The maximum Gasteiger partial charge on any atom is 0.338 e. The SMILES string of the molecule is CC1=CC=C(OCC2CCCNC2)[C@@](Oc2ccccc2)(/C(=C\C(=O)O)C(=O)O)N1. The third kappa shape index (κ3) is 5.01. The lowest BCUT2D eigenvalue weighted by atomic mass is 9.95. The highest BCUT2D eigenvalue weighted by Crippen LogP contribution is 2.35. The summed E-state index contributed by atoms with van der Waals surface area (Å²) < 4.78 is 12.2. The van der Waals surface area contributed by atoms with Crippen LogP contribution >= 0.6 is 0 Å².